The van der Waals surface area contributed by atoms with Crippen molar-refractivity contribution in [3.8, 4) is 0 Å². The zero-order valence-corrected chi connectivity index (χ0v) is 10.9. The lowest BCUT2D eigenvalue weighted by atomic mass is 9.90. The van der Waals surface area contributed by atoms with Gasteiger partial charge < -0.3 is 4.90 Å². The molecule has 0 aliphatic heterocycles. The third-order valence-electron chi connectivity index (χ3n) is 3.79. The molecule has 0 aromatic heterocycles. The highest BCUT2D eigenvalue weighted by molar-refractivity contribution is 5.84. The summed E-state index contributed by atoms with van der Waals surface area (Å²) in [5.41, 5.74) is 1.05. The van der Waals surface area contributed by atoms with Crippen LogP contribution in [0.5, 0.6) is 0 Å². The van der Waals surface area contributed by atoms with E-state index in [1.807, 2.05) is 30.3 Å². The van der Waals surface area contributed by atoms with E-state index in [0.29, 0.717) is 6.42 Å². The van der Waals surface area contributed by atoms with Crippen molar-refractivity contribution in [2.24, 2.45) is 5.92 Å². The zero-order chi connectivity index (χ0) is 13.1. The number of carbonyl (C=O) groups excluding carboxylic acids is 2. The van der Waals surface area contributed by atoms with Gasteiger partial charge in [0.2, 0.25) is 5.91 Å². The van der Waals surface area contributed by atoms with E-state index in [9.17, 15) is 9.59 Å². The second-order valence-electron chi connectivity index (χ2n) is 4.95. The highest BCUT2D eigenvalue weighted by Crippen LogP contribution is 2.36. The molecule has 0 heterocycles. The largest absolute Gasteiger partial charge is 0.338 e. The molecular formula is C15H19NO2. The van der Waals surface area contributed by atoms with Crippen LogP contribution in [0.3, 0.4) is 0 Å². The van der Waals surface area contributed by atoms with Gasteiger partial charge in [-0.05, 0) is 18.4 Å². The number of hydrogen-bond acceptors (Lipinski definition) is 2. The van der Waals surface area contributed by atoms with Gasteiger partial charge in [0.25, 0.3) is 0 Å². The fraction of sp³-hybridized carbons (Fsp3) is 0.467. The number of ketones is 1. The molecule has 0 N–H and O–H groups in total. The van der Waals surface area contributed by atoms with E-state index < -0.39 is 0 Å². The van der Waals surface area contributed by atoms with Crippen LogP contribution in [0.1, 0.15) is 37.8 Å². The molecule has 0 radical (unpaired) electrons. The van der Waals surface area contributed by atoms with Gasteiger partial charge in [-0.25, -0.2) is 0 Å². The summed E-state index contributed by atoms with van der Waals surface area (Å²) in [6, 6.07) is 9.74. The summed E-state index contributed by atoms with van der Waals surface area (Å²) in [4.78, 5) is 25.3. The van der Waals surface area contributed by atoms with E-state index in [-0.39, 0.29) is 23.7 Å². The van der Waals surface area contributed by atoms with E-state index in [4.69, 9.17) is 0 Å². The number of benzene rings is 1. The van der Waals surface area contributed by atoms with Gasteiger partial charge in [-0.2, -0.15) is 0 Å². The minimum absolute atomic E-state index is 0.00329. The Morgan fingerprint density at radius 1 is 1.33 bits per heavy atom. The Kier molecular flexibility index (Phi) is 3.80. The summed E-state index contributed by atoms with van der Waals surface area (Å²) in [7, 11) is 1.78. The fourth-order valence-corrected chi connectivity index (χ4v) is 2.75. The van der Waals surface area contributed by atoms with Gasteiger partial charge in [-0.3, -0.25) is 9.59 Å². The topological polar surface area (TPSA) is 37.4 Å². The first-order valence-electron chi connectivity index (χ1n) is 6.42. The van der Waals surface area contributed by atoms with Gasteiger partial charge in [-0.15, -0.1) is 0 Å². The molecule has 1 saturated carbocycles. The van der Waals surface area contributed by atoms with Crippen LogP contribution >= 0.6 is 0 Å². The standard InChI is InChI=1S/C15H19NO2/c1-11(17)16(2)15(12-7-4-3-5-8-12)13-9-6-10-14(13)18/h3-5,7-8,13,15H,6,9-10H2,1-2H3. The van der Waals surface area contributed by atoms with Crippen molar-refractivity contribution in [1.82, 2.24) is 4.90 Å². The predicted molar refractivity (Wildman–Crippen MR) is 70.0 cm³/mol. The molecule has 3 nitrogen and oxygen atoms in total. The maximum atomic E-state index is 12.0. The first-order valence-corrected chi connectivity index (χ1v) is 6.42. The van der Waals surface area contributed by atoms with E-state index >= 15 is 0 Å². The van der Waals surface area contributed by atoms with Crippen molar-refractivity contribution in [2.45, 2.75) is 32.2 Å². The minimum atomic E-state index is -0.112. The van der Waals surface area contributed by atoms with Crippen molar-refractivity contribution in [3.63, 3.8) is 0 Å². The van der Waals surface area contributed by atoms with E-state index in [0.717, 1.165) is 18.4 Å². The van der Waals surface area contributed by atoms with Crippen molar-refractivity contribution in [2.75, 3.05) is 7.05 Å². The smallest absolute Gasteiger partial charge is 0.219 e. The van der Waals surface area contributed by atoms with Crippen LogP contribution in [0.2, 0.25) is 0 Å². The van der Waals surface area contributed by atoms with Gasteiger partial charge in [-0.1, -0.05) is 30.3 Å². The lowest BCUT2D eigenvalue weighted by molar-refractivity contribution is -0.132. The van der Waals surface area contributed by atoms with Crippen molar-refractivity contribution >= 4 is 11.7 Å². The van der Waals surface area contributed by atoms with Gasteiger partial charge in [0.15, 0.2) is 0 Å². The first-order chi connectivity index (χ1) is 8.61. The quantitative estimate of drug-likeness (QED) is 0.820. The van der Waals surface area contributed by atoms with Crippen LogP contribution in [0, 0.1) is 5.92 Å². The summed E-state index contributed by atoms with van der Waals surface area (Å²) < 4.78 is 0. The van der Waals surface area contributed by atoms with Gasteiger partial charge >= 0.3 is 0 Å². The summed E-state index contributed by atoms with van der Waals surface area (Å²) in [5, 5.41) is 0. The molecule has 1 fully saturated rings. The molecule has 96 valence electrons. The number of Topliss-reactive ketones (excluding diaryl/α,β-unsaturated/α-hetero) is 1. The monoisotopic (exact) mass is 245 g/mol. The highest BCUT2D eigenvalue weighted by Gasteiger charge is 2.36. The molecule has 2 rings (SSSR count). The number of hydrogen-bond donors (Lipinski definition) is 0. The highest BCUT2D eigenvalue weighted by atomic mass is 16.2. The van der Waals surface area contributed by atoms with Crippen LogP contribution in [0.4, 0.5) is 0 Å². The molecule has 2 atom stereocenters. The van der Waals surface area contributed by atoms with Crippen LogP contribution in [-0.2, 0) is 9.59 Å². The SMILES string of the molecule is CC(=O)N(C)C(c1ccccc1)C1CCCC1=O. The van der Waals surface area contributed by atoms with Crippen LogP contribution in [0.15, 0.2) is 30.3 Å². The Morgan fingerprint density at radius 3 is 2.50 bits per heavy atom. The lowest BCUT2D eigenvalue weighted by Crippen LogP contribution is -2.35. The van der Waals surface area contributed by atoms with Crippen molar-refractivity contribution < 1.29 is 9.59 Å². The van der Waals surface area contributed by atoms with Crippen LogP contribution < -0.4 is 0 Å². The third-order valence-corrected chi connectivity index (χ3v) is 3.79. The molecule has 18 heavy (non-hydrogen) atoms. The van der Waals surface area contributed by atoms with Gasteiger partial charge in [0, 0.05) is 26.3 Å². The third kappa shape index (κ3) is 2.45. The minimum Gasteiger partial charge on any atom is -0.338 e. The van der Waals surface area contributed by atoms with Crippen LogP contribution in [0.25, 0.3) is 0 Å². The molecule has 2 unspecified atom stereocenters. The fourth-order valence-electron chi connectivity index (χ4n) is 2.75. The zero-order valence-electron chi connectivity index (χ0n) is 10.9. The molecule has 0 saturated heterocycles. The van der Waals surface area contributed by atoms with Gasteiger partial charge in [0.05, 0.1) is 6.04 Å². The Hall–Kier alpha value is -1.64. The van der Waals surface area contributed by atoms with E-state index in [1.54, 1.807) is 18.9 Å². The number of rotatable bonds is 3. The van der Waals surface area contributed by atoms with Crippen molar-refractivity contribution in [3.05, 3.63) is 35.9 Å². The second kappa shape index (κ2) is 5.34. The molecule has 1 aromatic carbocycles. The van der Waals surface area contributed by atoms with E-state index in [2.05, 4.69) is 0 Å². The molecule has 0 bridgehead atoms. The molecule has 1 aliphatic rings. The van der Waals surface area contributed by atoms with E-state index in [1.165, 1.54) is 0 Å². The Bertz CT molecular complexity index is 441. The first kappa shape index (κ1) is 12.8. The second-order valence-corrected chi connectivity index (χ2v) is 4.95. The van der Waals surface area contributed by atoms with Gasteiger partial charge in [0.1, 0.15) is 5.78 Å². The molecule has 1 aromatic rings. The molecular weight excluding hydrogens is 226 g/mol. The van der Waals surface area contributed by atoms with Crippen LogP contribution in [-0.4, -0.2) is 23.6 Å². The molecule has 1 aliphatic carbocycles. The summed E-state index contributed by atoms with van der Waals surface area (Å²) in [6.07, 6.45) is 2.48. The summed E-state index contributed by atoms with van der Waals surface area (Å²) in [5.74, 6) is 0.252. The Balaban J connectivity index is 2.34. The molecule has 0 spiro atoms. The Morgan fingerprint density at radius 2 is 2.00 bits per heavy atom. The maximum Gasteiger partial charge on any atom is 0.219 e. The Labute approximate surface area is 108 Å². The molecule has 3 heteroatoms. The molecule has 1 amide bonds. The normalized spacial score (nSPS) is 20.8. The summed E-state index contributed by atoms with van der Waals surface area (Å²) >= 11 is 0. The number of amides is 1. The number of nitrogens with zero attached hydrogens (tertiary/aromatic N) is 1. The average Bonchev–Trinajstić information content (AvgIpc) is 2.77. The van der Waals surface area contributed by atoms with Crippen molar-refractivity contribution in [1.29, 1.82) is 0 Å². The maximum absolute atomic E-state index is 12.0. The average molecular weight is 245 g/mol. The lowest BCUT2D eigenvalue weighted by Gasteiger charge is -2.31. The number of carbonyl (C=O) groups is 2. The predicted octanol–water partition coefficient (Wildman–Crippen LogP) is 2.58. The summed E-state index contributed by atoms with van der Waals surface area (Å²) in [6.45, 7) is 1.55.